The van der Waals surface area contributed by atoms with Crippen molar-refractivity contribution in [3.8, 4) is 11.5 Å². The summed E-state index contributed by atoms with van der Waals surface area (Å²) in [4.78, 5) is 26.8. The van der Waals surface area contributed by atoms with Crippen molar-refractivity contribution in [3.63, 3.8) is 0 Å². The van der Waals surface area contributed by atoms with Gasteiger partial charge in [0.15, 0.2) is 11.6 Å². The van der Waals surface area contributed by atoms with Crippen molar-refractivity contribution in [1.29, 1.82) is 0 Å². The van der Waals surface area contributed by atoms with Gasteiger partial charge in [-0.1, -0.05) is 0 Å². The van der Waals surface area contributed by atoms with Crippen LogP contribution in [0.1, 0.15) is 64.9 Å². The van der Waals surface area contributed by atoms with Crippen LogP contribution in [0.5, 0.6) is 11.5 Å². The highest BCUT2D eigenvalue weighted by Crippen LogP contribution is 2.33. The fraction of sp³-hybridized carbons (Fsp3) is 0.692. The number of carbonyl (C=O) groups is 2. The van der Waals surface area contributed by atoms with Crippen LogP contribution < -0.4 is 14.8 Å². The lowest BCUT2D eigenvalue weighted by atomic mass is 9.88. The third-order valence-corrected chi connectivity index (χ3v) is 7.14. The number of benzene rings is 1. The number of likely N-dealkylation sites (tertiary alicyclic amines) is 1. The molecule has 0 aromatic heterocycles. The second-order valence-corrected chi connectivity index (χ2v) is 12.5. The Bertz CT molecular complexity index is 1100. The van der Waals surface area contributed by atoms with E-state index in [1.807, 2.05) is 0 Å². The van der Waals surface area contributed by atoms with Gasteiger partial charge in [-0.2, -0.15) is 8.42 Å². The molecule has 0 unspecified atom stereocenters. The molecule has 2 fully saturated rings. The van der Waals surface area contributed by atoms with Gasteiger partial charge in [0, 0.05) is 24.7 Å². The molecule has 38 heavy (non-hydrogen) atoms. The van der Waals surface area contributed by atoms with Crippen molar-refractivity contribution in [2.24, 2.45) is 5.92 Å². The first-order valence-corrected chi connectivity index (χ1v) is 14.7. The van der Waals surface area contributed by atoms with Crippen LogP contribution in [0, 0.1) is 11.7 Å². The van der Waals surface area contributed by atoms with E-state index in [-0.39, 0.29) is 36.8 Å². The van der Waals surface area contributed by atoms with E-state index in [0.29, 0.717) is 56.4 Å². The molecule has 3 rings (SSSR count). The standard InChI is InChI=1S/C26H39FN2O8S/c1-26(2,3)37-25(31)29-12-6-7-21(29)24(30)28-15-18-13-20(27)23(14-22(18)34-4)36-19-10-8-17(9-11-19)16-35-38(5,32)33/h13-14,17,19,21H,6-12,15-16H2,1-5H3,(H,28,30)/t17?,19?,21-/m0/s1. The highest BCUT2D eigenvalue weighted by molar-refractivity contribution is 7.85. The highest BCUT2D eigenvalue weighted by Gasteiger charge is 2.36. The molecule has 2 aliphatic rings. The summed E-state index contributed by atoms with van der Waals surface area (Å²) in [5.41, 5.74) is -0.226. The second-order valence-electron chi connectivity index (χ2n) is 10.9. The van der Waals surface area contributed by atoms with E-state index in [1.54, 1.807) is 20.8 Å². The SMILES string of the molecule is COc1cc(OC2CCC(COS(C)(=O)=O)CC2)c(F)cc1CNC(=O)[C@@H]1CCCN1C(=O)OC(C)(C)C. The Labute approximate surface area is 224 Å². The molecule has 2 amide bonds. The van der Waals surface area contributed by atoms with E-state index in [9.17, 15) is 22.4 Å². The van der Waals surface area contributed by atoms with Crippen molar-refractivity contribution in [2.75, 3.05) is 26.5 Å². The van der Waals surface area contributed by atoms with Gasteiger partial charge in [-0.25, -0.2) is 9.18 Å². The fourth-order valence-corrected chi connectivity index (χ4v) is 5.13. The number of amides is 2. The maximum Gasteiger partial charge on any atom is 0.410 e. The van der Waals surface area contributed by atoms with E-state index < -0.39 is 33.7 Å². The summed E-state index contributed by atoms with van der Waals surface area (Å²) < 4.78 is 59.0. The van der Waals surface area contributed by atoms with E-state index in [1.165, 1.54) is 24.1 Å². The van der Waals surface area contributed by atoms with E-state index in [2.05, 4.69) is 5.32 Å². The van der Waals surface area contributed by atoms with Crippen molar-refractivity contribution in [3.05, 3.63) is 23.5 Å². The summed E-state index contributed by atoms with van der Waals surface area (Å²) in [5, 5.41) is 2.79. The second kappa shape index (κ2) is 12.5. The van der Waals surface area contributed by atoms with E-state index in [0.717, 1.165) is 6.26 Å². The predicted molar refractivity (Wildman–Crippen MR) is 138 cm³/mol. The number of ether oxygens (including phenoxy) is 3. The lowest BCUT2D eigenvalue weighted by Gasteiger charge is -2.29. The first-order chi connectivity index (χ1) is 17.8. The summed E-state index contributed by atoms with van der Waals surface area (Å²) in [6.07, 6.45) is 4.21. The molecule has 1 heterocycles. The van der Waals surface area contributed by atoms with Crippen LogP contribution in [0.25, 0.3) is 0 Å². The molecule has 0 spiro atoms. The van der Waals surface area contributed by atoms with Crippen molar-refractivity contribution >= 4 is 22.1 Å². The summed E-state index contributed by atoms with van der Waals surface area (Å²) in [5.74, 6) is -0.380. The van der Waals surface area contributed by atoms with Gasteiger partial charge in [0.1, 0.15) is 17.4 Å². The van der Waals surface area contributed by atoms with Gasteiger partial charge in [0.25, 0.3) is 10.1 Å². The third-order valence-electron chi connectivity index (χ3n) is 6.58. The minimum absolute atomic E-state index is 0.0172. The monoisotopic (exact) mass is 558 g/mol. The molecule has 1 saturated heterocycles. The van der Waals surface area contributed by atoms with Crippen LogP contribution in [0.15, 0.2) is 12.1 Å². The third kappa shape index (κ3) is 8.72. The van der Waals surface area contributed by atoms with Crippen LogP contribution in [0.4, 0.5) is 9.18 Å². The van der Waals surface area contributed by atoms with Gasteiger partial charge in [-0.3, -0.25) is 13.9 Å². The predicted octanol–water partition coefficient (Wildman–Crippen LogP) is 3.76. The molecule has 0 bridgehead atoms. The number of hydrogen-bond donors (Lipinski definition) is 1. The molecule has 1 atom stereocenters. The molecule has 1 saturated carbocycles. The van der Waals surface area contributed by atoms with Crippen molar-refractivity contribution < 1.29 is 40.8 Å². The zero-order chi connectivity index (χ0) is 28.1. The zero-order valence-corrected chi connectivity index (χ0v) is 23.6. The van der Waals surface area contributed by atoms with Gasteiger partial charge >= 0.3 is 6.09 Å². The lowest BCUT2D eigenvalue weighted by Crippen LogP contribution is -2.47. The topological polar surface area (TPSA) is 120 Å². The fourth-order valence-electron chi connectivity index (χ4n) is 4.69. The molecule has 0 radical (unpaired) electrons. The van der Waals surface area contributed by atoms with Crippen LogP contribution >= 0.6 is 0 Å². The zero-order valence-electron chi connectivity index (χ0n) is 22.8. The Morgan fingerprint density at radius 3 is 2.39 bits per heavy atom. The molecular formula is C26H39FN2O8S. The minimum atomic E-state index is -3.48. The summed E-state index contributed by atoms with van der Waals surface area (Å²) in [6.45, 7) is 5.91. The Morgan fingerprint density at radius 1 is 1.11 bits per heavy atom. The molecule has 1 N–H and O–H groups in total. The normalized spacial score (nSPS) is 22.2. The molecule has 1 aliphatic heterocycles. The molecule has 1 aromatic carbocycles. The van der Waals surface area contributed by atoms with Gasteiger partial charge in [-0.15, -0.1) is 0 Å². The Morgan fingerprint density at radius 2 is 1.79 bits per heavy atom. The number of carbonyl (C=O) groups excluding carboxylic acids is 2. The largest absolute Gasteiger partial charge is 0.496 e. The van der Waals surface area contributed by atoms with Crippen LogP contribution in [-0.2, 0) is 30.4 Å². The number of nitrogens with one attached hydrogen (secondary N) is 1. The molecule has 1 aliphatic carbocycles. The maximum absolute atomic E-state index is 15.0. The quantitative estimate of drug-likeness (QED) is 0.455. The van der Waals surface area contributed by atoms with E-state index in [4.69, 9.17) is 18.4 Å². The molecule has 12 heteroatoms. The number of halogens is 1. The van der Waals surface area contributed by atoms with Crippen molar-refractivity contribution in [2.45, 2.75) is 83.6 Å². The molecule has 10 nitrogen and oxygen atoms in total. The average Bonchev–Trinajstić information content (AvgIpc) is 3.32. The van der Waals surface area contributed by atoms with Crippen molar-refractivity contribution in [1.82, 2.24) is 10.2 Å². The van der Waals surface area contributed by atoms with Gasteiger partial charge in [0.2, 0.25) is 5.91 Å². The lowest BCUT2D eigenvalue weighted by molar-refractivity contribution is -0.125. The molecular weight excluding hydrogens is 519 g/mol. The van der Waals surface area contributed by atoms with Gasteiger partial charge in [0.05, 0.1) is 26.1 Å². The minimum Gasteiger partial charge on any atom is -0.496 e. The summed E-state index contributed by atoms with van der Waals surface area (Å²) in [7, 11) is -2.02. The summed E-state index contributed by atoms with van der Waals surface area (Å²) >= 11 is 0. The Balaban J connectivity index is 1.56. The molecule has 214 valence electrons. The van der Waals surface area contributed by atoms with Crippen LogP contribution in [0.2, 0.25) is 0 Å². The van der Waals surface area contributed by atoms with Gasteiger partial charge in [-0.05, 0) is 71.3 Å². The number of nitrogens with zero attached hydrogens (tertiary/aromatic N) is 1. The number of hydrogen-bond acceptors (Lipinski definition) is 8. The smallest absolute Gasteiger partial charge is 0.410 e. The first-order valence-electron chi connectivity index (χ1n) is 12.9. The summed E-state index contributed by atoms with van der Waals surface area (Å²) in [6, 6.07) is 2.10. The first kappa shape index (κ1) is 29.9. The number of rotatable bonds is 9. The maximum atomic E-state index is 15.0. The Kier molecular flexibility index (Phi) is 9.85. The van der Waals surface area contributed by atoms with Crippen LogP contribution in [-0.4, -0.2) is 69.6 Å². The van der Waals surface area contributed by atoms with E-state index >= 15 is 0 Å². The number of methoxy groups -OCH3 is 1. The van der Waals surface area contributed by atoms with Crippen LogP contribution in [0.3, 0.4) is 0 Å². The average molecular weight is 559 g/mol. The highest BCUT2D eigenvalue weighted by atomic mass is 32.2. The Hall–Kier alpha value is -2.60. The molecule has 1 aromatic rings. The van der Waals surface area contributed by atoms with Gasteiger partial charge < -0.3 is 19.5 Å².